The summed E-state index contributed by atoms with van der Waals surface area (Å²) in [4.78, 5) is 25.6. The molecule has 2 aromatic carbocycles. The van der Waals surface area contributed by atoms with E-state index >= 15 is 0 Å². The van der Waals surface area contributed by atoms with Gasteiger partial charge in [0.25, 0.3) is 11.8 Å². The highest BCUT2D eigenvalue weighted by molar-refractivity contribution is 6.28. The van der Waals surface area contributed by atoms with Crippen molar-refractivity contribution >= 4 is 33.6 Å². The van der Waals surface area contributed by atoms with Crippen molar-refractivity contribution in [3.05, 3.63) is 47.7 Å². The quantitative estimate of drug-likeness (QED) is 0.577. The summed E-state index contributed by atoms with van der Waals surface area (Å²) in [7, 11) is 1.50. The predicted molar refractivity (Wildman–Crippen MR) is 70.1 cm³/mol. The largest absolute Gasteiger partial charge is 0.464 e. The summed E-state index contributed by atoms with van der Waals surface area (Å²) in [5.74, 6) is -0.544. The highest BCUT2D eigenvalue weighted by Gasteiger charge is 2.31. The van der Waals surface area contributed by atoms with Crippen LogP contribution in [-0.4, -0.2) is 23.8 Å². The minimum atomic E-state index is -0.285. The Bertz CT molecular complexity index is 876. The molecule has 4 nitrogen and oxygen atoms in total. The molecule has 1 aliphatic rings. The van der Waals surface area contributed by atoms with Gasteiger partial charge in [0.15, 0.2) is 0 Å². The van der Waals surface area contributed by atoms with Crippen LogP contribution in [0.5, 0.6) is 0 Å². The van der Waals surface area contributed by atoms with Crippen molar-refractivity contribution in [3.8, 4) is 0 Å². The molecule has 3 aromatic rings. The summed E-state index contributed by atoms with van der Waals surface area (Å²) < 4.78 is 5.39. The van der Waals surface area contributed by atoms with Crippen molar-refractivity contribution in [2.45, 2.75) is 0 Å². The van der Waals surface area contributed by atoms with Crippen molar-refractivity contribution in [1.82, 2.24) is 4.90 Å². The van der Waals surface area contributed by atoms with E-state index in [4.69, 9.17) is 4.42 Å². The summed E-state index contributed by atoms with van der Waals surface area (Å²) in [6.07, 6.45) is 1.59. The van der Waals surface area contributed by atoms with E-state index in [1.54, 1.807) is 18.4 Å². The molecule has 0 aliphatic carbocycles. The van der Waals surface area contributed by atoms with Crippen molar-refractivity contribution in [2.75, 3.05) is 7.05 Å². The van der Waals surface area contributed by atoms with E-state index in [1.165, 1.54) is 7.05 Å². The Hall–Kier alpha value is -2.62. The number of nitrogens with zero attached hydrogens (tertiary/aromatic N) is 1. The Balaban J connectivity index is 2.32. The van der Waals surface area contributed by atoms with Gasteiger partial charge in [-0.1, -0.05) is 12.1 Å². The number of imide groups is 1. The van der Waals surface area contributed by atoms with Gasteiger partial charge in [0.05, 0.1) is 11.8 Å². The Kier molecular flexibility index (Phi) is 1.75. The van der Waals surface area contributed by atoms with E-state index in [0.717, 1.165) is 21.1 Å². The molecule has 0 bridgehead atoms. The van der Waals surface area contributed by atoms with E-state index in [-0.39, 0.29) is 11.8 Å². The van der Waals surface area contributed by atoms with Crippen LogP contribution in [0, 0.1) is 0 Å². The molecule has 1 aliphatic heterocycles. The van der Waals surface area contributed by atoms with Gasteiger partial charge in [0, 0.05) is 23.4 Å². The number of furan rings is 1. The Morgan fingerprint density at radius 3 is 2.63 bits per heavy atom. The minimum absolute atomic E-state index is 0.258. The van der Waals surface area contributed by atoms with Crippen LogP contribution < -0.4 is 0 Å². The van der Waals surface area contributed by atoms with Crippen LogP contribution in [0.4, 0.5) is 0 Å². The van der Waals surface area contributed by atoms with E-state index in [9.17, 15) is 9.59 Å². The Morgan fingerprint density at radius 2 is 1.79 bits per heavy atom. The second kappa shape index (κ2) is 3.23. The number of hydrogen-bond acceptors (Lipinski definition) is 3. The molecular weight excluding hydrogens is 242 g/mol. The van der Waals surface area contributed by atoms with Crippen molar-refractivity contribution in [3.63, 3.8) is 0 Å². The van der Waals surface area contributed by atoms with Gasteiger partial charge in [-0.05, 0) is 23.6 Å². The average Bonchev–Trinajstić information content (AvgIpc) is 2.90. The fourth-order valence-corrected chi connectivity index (χ4v) is 2.73. The van der Waals surface area contributed by atoms with Gasteiger partial charge in [0.1, 0.15) is 5.58 Å². The number of hydrogen-bond donors (Lipinski definition) is 0. The molecule has 0 saturated heterocycles. The first kappa shape index (κ1) is 10.3. The number of amides is 2. The number of benzene rings is 2. The van der Waals surface area contributed by atoms with Crippen LogP contribution >= 0.6 is 0 Å². The zero-order valence-electron chi connectivity index (χ0n) is 10.1. The summed E-state index contributed by atoms with van der Waals surface area (Å²) in [5, 5.41) is 2.53. The minimum Gasteiger partial charge on any atom is -0.464 e. The molecule has 0 spiro atoms. The van der Waals surface area contributed by atoms with E-state index in [2.05, 4.69) is 0 Å². The molecule has 2 amide bonds. The van der Waals surface area contributed by atoms with Crippen molar-refractivity contribution < 1.29 is 14.0 Å². The lowest BCUT2D eigenvalue weighted by atomic mass is 9.92. The first-order valence-corrected chi connectivity index (χ1v) is 5.94. The van der Waals surface area contributed by atoms with Gasteiger partial charge < -0.3 is 4.42 Å². The first-order valence-electron chi connectivity index (χ1n) is 5.94. The molecule has 92 valence electrons. The lowest BCUT2D eigenvalue weighted by molar-refractivity contribution is 0.0650. The van der Waals surface area contributed by atoms with Gasteiger partial charge in [-0.3, -0.25) is 14.5 Å². The molecule has 2 heterocycles. The van der Waals surface area contributed by atoms with Crippen molar-refractivity contribution in [2.24, 2.45) is 0 Å². The second-order valence-corrected chi connectivity index (χ2v) is 4.65. The molecule has 0 atom stereocenters. The first-order chi connectivity index (χ1) is 9.18. The third-order valence-corrected chi connectivity index (χ3v) is 3.66. The number of rotatable bonds is 0. The molecular formula is C15H9NO3. The van der Waals surface area contributed by atoms with Crippen LogP contribution in [-0.2, 0) is 0 Å². The fourth-order valence-electron chi connectivity index (χ4n) is 2.73. The van der Waals surface area contributed by atoms with Crippen LogP contribution in [0.2, 0.25) is 0 Å². The maximum atomic E-state index is 12.2. The van der Waals surface area contributed by atoms with E-state index < -0.39 is 0 Å². The average molecular weight is 251 g/mol. The monoisotopic (exact) mass is 251 g/mol. The maximum Gasteiger partial charge on any atom is 0.261 e. The molecule has 0 radical (unpaired) electrons. The Morgan fingerprint density at radius 1 is 1.00 bits per heavy atom. The molecule has 4 rings (SSSR count). The number of carbonyl (C=O) groups is 2. The molecule has 0 saturated carbocycles. The fraction of sp³-hybridized carbons (Fsp3) is 0.0667. The predicted octanol–water partition coefficient (Wildman–Crippen LogP) is 2.81. The van der Waals surface area contributed by atoms with Gasteiger partial charge in [0.2, 0.25) is 0 Å². The van der Waals surface area contributed by atoms with Crippen LogP contribution in [0.1, 0.15) is 20.7 Å². The van der Waals surface area contributed by atoms with E-state index in [1.807, 2.05) is 18.2 Å². The smallest absolute Gasteiger partial charge is 0.261 e. The van der Waals surface area contributed by atoms with Gasteiger partial charge >= 0.3 is 0 Å². The zero-order chi connectivity index (χ0) is 13.1. The third-order valence-electron chi connectivity index (χ3n) is 3.66. The van der Waals surface area contributed by atoms with Gasteiger partial charge in [-0.2, -0.15) is 0 Å². The van der Waals surface area contributed by atoms with Crippen LogP contribution in [0.25, 0.3) is 21.7 Å². The molecule has 1 aromatic heterocycles. The second-order valence-electron chi connectivity index (χ2n) is 4.65. The zero-order valence-corrected chi connectivity index (χ0v) is 10.1. The standard InChI is InChI=1S/C15H9NO3/c1-16-14(17)10-4-2-3-9-8-5-6-19-12(8)7-11(13(9)10)15(16)18/h2-7H,1H3. The summed E-state index contributed by atoms with van der Waals surface area (Å²) in [5.41, 5.74) is 1.75. The van der Waals surface area contributed by atoms with Crippen molar-refractivity contribution in [1.29, 1.82) is 0 Å². The van der Waals surface area contributed by atoms with Gasteiger partial charge in [-0.15, -0.1) is 0 Å². The topological polar surface area (TPSA) is 50.5 Å². The van der Waals surface area contributed by atoms with Crippen LogP contribution in [0.3, 0.4) is 0 Å². The highest BCUT2D eigenvalue weighted by Crippen LogP contribution is 2.35. The summed E-state index contributed by atoms with van der Waals surface area (Å²) in [6, 6.07) is 9.06. The SMILES string of the molecule is CN1C(=O)c2cccc3c2c(cc2occc23)C1=O. The molecule has 0 unspecified atom stereocenters. The lowest BCUT2D eigenvalue weighted by Gasteiger charge is -2.23. The van der Waals surface area contributed by atoms with Crippen LogP contribution in [0.15, 0.2) is 41.0 Å². The molecule has 19 heavy (non-hydrogen) atoms. The summed E-state index contributed by atoms with van der Waals surface area (Å²) >= 11 is 0. The molecule has 0 N–H and O–H groups in total. The lowest BCUT2D eigenvalue weighted by Crippen LogP contribution is -2.36. The Labute approximate surface area is 108 Å². The normalized spacial score (nSPS) is 14.7. The number of carbonyl (C=O) groups excluding carboxylic acids is 2. The number of fused-ring (bicyclic) bond motifs is 2. The third kappa shape index (κ3) is 1.13. The molecule has 0 fully saturated rings. The van der Waals surface area contributed by atoms with Gasteiger partial charge in [-0.25, -0.2) is 0 Å². The van der Waals surface area contributed by atoms with E-state index in [0.29, 0.717) is 16.7 Å². The highest BCUT2D eigenvalue weighted by atomic mass is 16.3. The summed E-state index contributed by atoms with van der Waals surface area (Å²) in [6.45, 7) is 0. The molecule has 4 heteroatoms. The maximum absolute atomic E-state index is 12.2.